The Hall–Kier alpha value is -1.63. The lowest BCUT2D eigenvalue weighted by molar-refractivity contribution is -0.123. The number of amides is 2. The number of rotatable bonds is 3. The van der Waals surface area contributed by atoms with Crippen LogP contribution >= 0.6 is 11.6 Å². The predicted octanol–water partition coefficient (Wildman–Crippen LogP) is 0.865. The van der Waals surface area contributed by atoms with E-state index in [-0.39, 0.29) is 17.9 Å². The van der Waals surface area contributed by atoms with Crippen molar-refractivity contribution in [3.8, 4) is 0 Å². The van der Waals surface area contributed by atoms with E-state index in [0.29, 0.717) is 36.6 Å². The third-order valence-corrected chi connectivity index (χ3v) is 5.17. The predicted molar refractivity (Wildman–Crippen MR) is 90.7 cm³/mol. The molecule has 2 aliphatic rings. The van der Waals surface area contributed by atoms with Crippen molar-refractivity contribution >= 4 is 23.4 Å². The Morgan fingerprint density at radius 2 is 1.96 bits per heavy atom. The van der Waals surface area contributed by atoms with Crippen molar-refractivity contribution in [2.45, 2.75) is 37.5 Å². The molecule has 7 heteroatoms. The number of carbonyl (C=O) groups excluding carboxylic acids is 2. The molecule has 2 fully saturated rings. The van der Waals surface area contributed by atoms with Gasteiger partial charge in [0.25, 0.3) is 5.91 Å². The van der Waals surface area contributed by atoms with Crippen molar-refractivity contribution in [2.24, 2.45) is 5.73 Å². The van der Waals surface area contributed by atoms with Crippen LogP contribution in [0.25, 0.3) is 0 Å². The molecule has 3 N–H and O–H groups in total. The fourth-order valence-electron chi connectivity index (χ4n) is 3.73. The zero-order valence-corrected chi connectivity index (χ0v) is 14.2. The van der Waals surface area contributed by atoms with Gasteiger partial charge in [-0.25, -0.2) is 0 Å². The molecule has 1 aromatic rings. The summed E-state index contributed by atoms with van der Waals surface area (Å²) in [5.41, 5.74) is 6.04. The number of carbonyl (C=O) groups is 2. The highest BCUT2D eigenvalue weighted by atomic mass is 35.5. The number of primary amides is 1. The van der Waals surface area contributed by atoms with Crippen molar-refractivity contribution in [3.05, 3.63) is 34.9 Å². The van der Waals surface area contributed by atoms with E-state index in [1.165, 1.54) is 0 Å². The fraction of sp³-hybridized carbons (Fsp3) is 0.529. The summed E-state index contributed by atoms with van der Waals surface area (Å²) >= 11 is 5.95. The van der Waals surface area contributed by atoms with Crippen molar-refractivity contribution in [3.63, 3.8) is 0 Å². The van der Waals surface area contributed by atoms with Crippen molar-refractivity contribution in [1.82, 2.24) is 9.80 Å². The molecule has 1 aromatic carbocycles. The number of nitrogens with two attached hydrogens (primary N) is 1. The molecule has 24 heavy (non-hydrogen) atoms. The van der Waals surface area contributed by atoms with E-state index in [9.17, 15) is 14.7 Å². The van der Waals surface area contributed by atoms with E-state index in [4.69, 9.17) is 17.3 Å². The summed E-state index contributed by atoms with van der Waals surface area (Å²) in [6.45, 7) is 1.71. The van der Waals surface area contributed by atoms with Crippen LogP contribution in [0.1, 0.15) is 29.6 Å². The quantitative estimate of drug-likeness (QED) is 0.845. The average molecular weight is 352 g/mol. The van der Waals surface area contributed by atoms with Gasteiger partial charge >= 0.3 is 0 Å². The largest absolute Gasteiger partial charge is 0.392 e. The van der Waals surface area contributed by atoms with E-state index in [1.807, 2.05) is 9.80 Å². The van der Waals surface area contributed by atoms with Crippen LogP contribution in [-0.4, -0.2) is 64.5 Å². The summed E-state index contributed by atoms with van der Waals surface area (Å²) in [5.74, 6) is -0.409. The van der Waals surface area contributed by atoms with Crippen LogP contribution in [0.4, 0.5) is 0 Å². The first-order valence-electron chi connectivity index (χ1n) is 8.23. The lowest BCUT2D eigenvalue weighted by Crippen LogP contribution is -2.51. The summed E-state index contributed by atoms with van der Waals surface area (Å²) in [6, 6.07) is 6.72. The second kappa shape index (κ2) is 7.09. The minimum Gasteiger partial charge on any atom is -0.392 e. The van der Waals surface area contributed by atoms with Crippen molar-refractivity contribution in [1.29, 1.82) is 0 Å². The van der Waals surface area contributed by atoms with E-state index in [1.54, 1.807) is 24.3 Å². The van der Waals surface area contributed by atoms with Gasteiger partial charge in [-0.15, -0.1) is 0 Å². The standard InChI is InChI=1S/C17H22ClN3O3/c18-12-3-1-2-11(8-12)17(24)20-6-4-13(5-7-20)21-10-14(22)9-15(21)16(19)23/h1-3,8,13-15,22H,4-7,9-10H2,(H2,19,23)/t14-,15+/m1/s1. The highest BCUT2D eigenvalue weighted by Gasteiger charge is 2.40. The molecule has 0 aliphatic carbocycles. The minimum absolute atomic E-state index is 0.0242. The fourth-order valence-corrected chi connectivity index (χ4v) is 3.92. The van der Waals surface area contributed by atoms with Crippen LogP contribution in [0, 0.1) is 0 Å². The SMILES string of the molecule is NC(=O)[C@@H]1C[C@@H](O)CN1C1CCN(C(=O)c2cccc(Cl)c2)CC1. The van der Waals surface area contributed by atoms with E-state index >= 15 is 0 Å². The van der Waals surface area contributed by atoms with Gasteiger partial charge in [-0.2, -0.15) is 0 Å². The number of nitrogens with zero attached hydrogens (tertiary/aromatic N) is 2. The van der Waals surface area contributed by atoms with Crippen LogP contribution in [0.15, 0.2) is 24.3 Å². The number of hydrogen-bond acceptors (Lipinski definition) is 4. The van der Waals surface area contributed by atoms with Gasteiger partial charge in [0.05, 0.1) is 12.1 Å². The number of halogens is 1. The number of piperidine rings is 1. The van der Waals surface area contributed by atoms with Crippen LogP contribution < -0.4 is 5.73 Å². The first kappa shape index (κ1) is 17.2. The Kier molecular flexibility index (Phi) is 5.08. The lowest BCUT2D eigenvalue weighted by atomic mass is 10.0. The monoisotopic (exact) mass is 351 g/mol. The Balaban J connectivity index is 1.61. The number of aliphatic hydroxyl groups is 1. The Bertz CT molecular complexity index is 631. The molecule has 0 radical (unpaired) electrons. The summed E-state index contributed by atoms with van der Waals surface area (Å²) in [6.07, 6.45) is 1.43. The summed E-state index contributed by atoms with van der Waals surface area (Å²) < 4.78 is 0. The van der Waals surface area contributed by atoms with Gasteiger partial charge in [0, 0.05) is 36.3 Å². The molecule has 2 heterocycles. The third-order valence-electron chi connectivity index (χ3n) is 4.94. The van der Waals surface area contributed by atoms with Gasteiger partial charge in [-0.3, -0.25) is 14.5 Å². The molecule has 6 nitrogen and oxygen atoms in total. The maximum Gasteiger partial charge on any atom is 0.253 e. The maximum atomic E-state index is 12.5. The summed E-state index contributed by atoms with van der Waals surface area (Å²) in [5, 5.41) is 10.4. The second-order valence-electron chi connectivity index (χ2n) is 6.54. The van der Waals surface area contributed by atoms with Gasteiger partial charge in [-0.05, 0) is 37.5 Å². The van der Waals surface area contributed by atoms with Crippen molar-refractivity contribution < 1.29 is 14.7 Å². The topological polar surface area (TPSA) is 86.9 Å². The average Bonchev–Trinajstić information content (AvgIpc) is 2.96. The minimum atomic E-state index is -0.506. The number of aliphatic hydroxyl groups excluding tert-OH is 1. The molecule has 0 bridgehead atoms. The summed E-state index contributed by atoms with van der Waals surface area (Å²) in [7, 11) is 0. The lowest BCUT2D eigenvalue weighted by Gasteiger charge is -2.38. The Labute approximate surface area is 146 Å². The highest BCUT2D eigenvalue weighted by Crippen LogP contribution is 2.27. The second-order valence-corrected chi connectivity index (χ2v) is 6.97. The number of likely N-dealkylation sites (tertiary alicyclic amines) is 2. The zero-order valence-electron chi connectivity index (χ0n) is 13.4. The molecular formula is C17H22ClN3O3. The number of β-amino-alcohol motifs (C(OH)–C–C–N with tert-alkyl or cyclic N) is 1. The van der Waals surface area contributed by atoms with Gasteiger partial charge < -0.3 is 15.7 Å². The molecule has 2 aliphatic heterocycles. The Morgan fingerprint density at radius 1 is 1.25 bits per heavy atom. The van der Waals surface area contributed by atoms with Crippen LogP contribution in [0.3, 0.4) is 0 Å². The zero-order chi connectivity index (χ0) is 17.3. The molecule has 130 valence electrons. The van der Waals surface area contributed by atoms with Crippen LogP contribution in [0.2, 0.25) is 5.02 Å². The molecule has 2 saturated heterocycles. The van der Waals surface area contributed by atoms with Crippen LogP contribution in [-0.2, 0) is 4.79 Å². The third kappa shape index (κ3) is 3.55. The molecular weight excluding hydrogens is 330 g/mol. The molecule has 3 rings (SSSR count). The van der Waals surface area contributed by atoms with Crippen molar-refractivity contribution in [2.75, 3.05) is 19.6 Å². The molecule has 0 aromatic heterocycles. The number of hydrogen-bond donors (Lipinski definition) is 2. The highest BCUT2D eigenvalue weighted by molar-refractivity contribution is 6.30. The molecule has 2 amide bonds. The molecule has 2 atom stereocenters. The van der Waals surface area contributed by atoms with Gasteiger partial charge in [-0.1, -0.05) is 17.7 Å². The normalized spacial score (nSPS) is 25.8. The first-order valence-corrected chi connectivity index (χ1v) is 8.61. The molecule has 0 saturated carbocycles. The smallest absolute Gasteiger partial charge is 0.253 e. The maximum absolute atomic E-state index is 12.5. The van der Waals surface area contributed by atoms with E-state index < -0.39 is 12.1 Å². The van der Waals surface area contributed by atoms with Crippen LogP contribution in [0.5, 0.6) is 0 Å². The molecule has 0 spiro atoms. The summed E-state index contributed by atoms with van der Waals surface area (Å²) in [4.78, 5) is 27.9. The van der Waals surface area contributed by atoms with Gasteiger partial charge in [0.15, 0.2) is 0 Å². The van der Waals surface area contributed by atoms with Gasteiger partial charge in [0.1, 0.15) is 0 Å². The molecule has 0 unspecified atom stereocenters. The Morgan fingerprint density at radius 3 is 2.58 bits per heavy atom. The first-order chi connectivity index (χ1) is 11.5. The van der Waals surface area contributed by atoms with Gasteiger partial charge in [0.2, 0.25) is 5.91 Å². The number of benzene rings is 1. The van der Waals surface area contributed by atoms with E-state index in [0.717, 1.165) is 12.8 Å². The van der Waals surface area contributed by atoms with E-state index in [2.05, 4.69) is 0 Å².